The molecule has 126 valence electrons. The van der Waals surface area contributed by atoms with Crippen molar-refractivity contribution in [3.05, 3.63) is 45.8 Å². The van der Waals surface area contributed by atoms with Crippen molar-refractivity contribution in [2.75, 3.05) is 6.67 Å². The topological polar surface area (TPSA) is 50.4 Å². The van der Waals surface area contributed by atoms with Gasteiger partial charge in [0.2, 0.25) is 0 Å². The molecule has 0 aromatic carbocycles. The molecule has 0 aliphatic carbocycles. The van der Waals surface area contributed by atoms with Crippen LogP contribution in [0.3, 0.4) is 0 Å². The molecule has 0 fully saturated rings. The van der Waals surface area contributed by atoms with E-state index in [-0.39, 0.29) is 12.2 Å². The van der Waals surface area contributed by atoms with Gasteiger partial charge in [-0.3, -0.25) is 0 Å². The van der Waals surface area contributed by atoms with Crippen molar-refractivity contribution in [3.63, 3.8) is 0 Å². The summed E-state index contributed by atoms with van der Waals surface area (Å²) in [6.07, 6.45) is 0. The van der Waals surface area contributed by atoms with Gasteiger partial charge < -0.3 is 15.4 Å². The summed E-state index contributed by atoms with van der Waals surface area (Å²) in [7, 11) is 0. The minimum Gasteiger partial charge on any atom is -0.456 e. The number of thiophene rings is 2. The molecule has 0 saturated carbocycles. The molecule has 3 heterocycles. The van der Waals surface area contributed by atoms with Crippen LogP contribution < -0.4 is 10.6 Å². The minimum absolute atomic E-state index is 0.162. The average molecular weight is 383 g/mol. The smallest absolute Gasteiger partial charge is 0.338 e. The number of carbonyl (C=O) groups is 1. The van der Waals surface area contributed by atoms with E-state index in [0.29, 0.717) is 10.8 Å². The lowest BCUT2D eigenvalue weighted by atomic mass is 10.0. The first kappa shape index (κ1) is 17.1. The van der Waals surface area contributed by atoms with E-state index in [0.717, 1.165) is 9.75 Å². The van der Waals surface area contributed by atoms with Gasteiger partial charge in [-0.15, -0.1) is 22.7 Å². The molecule has 8 heteroatoms. The molecule has 0 saturated heterocycles. The van der Waals surface area contributed by atoms with E-state index in [1.165, 1.54) is 4.88 Å². The van der Waals surface area contributed by atoms with Crippen molar-refractivity contribution in [3.8, 4) is 9.75 Å². The molecule has 1 unspecified atom stereocenters. The summed E-state index contributed by atoms with van der Waals surface area (Å²) in [6, 6.07) is 7.23. The molecule has 2 aromatic rings. The first-order valence-corrected chi connectivity index (χ1v) is 9.33. The highest BCUT2D eigenvalue weighted by Crippen LogP contribution is 2.31. The van der Waals surface area contributed by atoms with Crippen LogP contribution in [0, 0.1) is 0 Å². The van der Waals surface area contributed by atoms with Crippen LogP contribution in [-0.2, 0) is 16.1 Å². The fourth-order valence-electron chi connectivity index (χ4n) is 2.40. The van der Waals surface area contributed by atoms with Gasteiger partial charge in [0.05, 0.1) is 11.6 Å². The van der Waals surface area contributed by atoms with Gasteiger partial charge in [0, 0.05) is 20.3 Å². The molecule has 1 aliphatic heterocycles. The highest BCUT2D eigenvalue weighted by molar-refractivity contribution is 7.80. The van der Waals surface area contributed by atoms with Crippen molar-refractivity contribution >= 4 is 46.0 Å². The van der Waals surface area contributed by atoms with E-state index < -0.39 is 18.7 Å². The number of esters is 1. The Balaban J connectivity index is 1.67. The fraction of sp³-hybridized carbons (Fsp3) is 0.250. The molecule has 0 radical (unpaired) electrons. The zero-order valence-electron chi connectivity index (χ0n) is 12.8. The van der Waals surface area contributed by atoms with Crippen molar-refractivity contribution in [1.29, 1.82) is 0 Å². The van der Waals surface area contributed by atoms with E-state index in [9.17, 15) is 9.18 Å². The number of ether oxygens (including phenoxy) is 1. The molecule has 0 spiro atoms. The number of allylic oxidation sites excluding steroid dienone is 1. The third-order valence-electron chi connectivity index (χ3n) is 3.50. The van der Waals surface area contributed by atoms with Crippen molar-refractivity contribution in [2.45, 2.75) is 19.6 Å². The monoisotopic (exact) mass is 382 g/mol. The summed E-state index contributed by atoms with van der Waals surface area (Å²) in [5, 5.41) is 7.90. The number of hydrogen-bond acceptors (Lipinski definition) is 5. The summed E-state index contributed by atoms with van der Waals surface area (Å²) < 4.78 is 18.5. The van der Waals surface area contributed by atoms with E-state index in [2.05, 4.69) is 16.7 Å². The number of hydrogen-bond donors (Lipinski definition) is 2. The highest BCUT2D eigenvalue weighted by Gasteiger charge is 2.29. The van der Waals surface area contributed by atoms with E-state index >= 15 is 0 Å². The van der Waals surface area contributed by atoms with Crippen LogP contribution in [0.2, 0.25) is 0 Å². The Hall–Kier alpha value is -1.77. The Bertz CT molecular complexity index is 783. The average Bonchev–Trinajstić information content (AvgIpc) is 3.22. The first-order valence-electron chi connectivity index (χ1n) is 7.22. The zero-order valence-corrected chi connectivity index (χ0v) is 15.2. The first-order chi connectivity index (χ1) is 11.6. The molecular weight excluding hydrogens is 367 g/mol. The Morgan fingerprint density at radius 3 is 2.92 bits per heavy atom. The van der Waals surface area contributed by atoms with Crippen LogP contribution >= 0.6 is 34.9 Å². The molecule has 1 aliphatic rings. The van der Waals surface area contributed by atoms with Crippen LogP contribution in [0.5, 0.6) is 0 Å². The van der Waals surface area contributed by atoms with Crippen LogP contribution in [-0.4, -0.2) is 23.8 Å². The van der Waals surface area contributed by atoms with Gasteiger partial charge in [0.25, 0.3) is 0 Å². The van der Waals surface area contributed by atoms with Gasteiger partial charge in [-0.1, -0.05) is 6.07 Å². The van der Waals surface area contributed by atoms with Crippen molar-refractivity contribution in [1.82, 2.24) is 10.6 Å². The maximum Gasteiger partial charge on any atom is 0.338 e. The molecule has 2 N–H and O–H groups in total. The van der Waals surface area contributed by atoms with Gasteiger partial charge in [-0.2, -0.15) is 0 Å². The summed E-state index contributed by atoms with van der Waals surface area (Å²) >= 11 is 8.22. The SMILES string of the molecule is CC1=C(C(=O)OCc2ccc(-c3cccs3)s2)C(CF)NC(=S)N1. The number of nitrogens with one attached hydrogen (secondary N) is 2. The van der Waals surface area contributed by atoms with Crippen LogP contribution in [0.1, 0.15) is 11.8 Å². The second kappa shape index (κ2) is 7.42. The minimum atomic E-state index is -0.767. The lowest BCUT2D eigenvalue weighted by Gasteiger charge is -2.27. The Morgan fingerprint density at radius 2 is 2.21 bits per heavy atom. The van der Waals surface area contributed by atoms with Crippen molar-refractivity contribution < 1.29 is 13.9 Å². The normalized spacial score (nSPS) is 17.4. The molecule has 2 aromatic heterocycles. The highest BCUT2D eigenvalue weighted by atomic mass is 32.1. The van der Waals surface area contributed by atoms with Gasteiger partial charge in [-0.25, -0.2) is 9.18 Å². The molecular formula is C16H15FN2O2S3. The fourth-order valence-corrected chi connectivity index (χ4v) is 4.45. The van der Waals surface area contributed by atoms with Crippen molar-refractivity contribution in [2.24, 2.45) is 0 Å². The van der Waals surface area contributed by atoms with Gasteiger partial charge in [0.15, 0.2) is 5.11 Å². The summed E-state index contributed by atoms with van der Waals surface area (Å²) in [4.78, 5) is 15.6. The quantitative estimate of drug-likeness (QED) is 0.611. The van der Waals surface area contributed by atoms with Crippen LogP contribution in [0.15, 0.2) is 40.9 Å². The number of carbonyl (C=O) groups excluding carboxylic acids is 1. The summed E-state index contributed by atoms with van der Waals surface area (Å²) in [6.45, 7) is 1.12. The second-order valence-corrected chi connectivity index (χ2v) is 7.69. The number of rotatable bonds is 5. The lowest BCUT2D eigenvalue weighted by molar-refractivity contribution is -0.140. The Kier molecular flexibility index (Phi) is 5.27. The Morgan fingerprint density at radius 1 is 1.38 bits per heavy atom. The molecule has 24 heavy (non-hydrogen) atoms. The largest absolute Gasteiger partial charge is 0.456 e. The summed E-state index contributed by atoms with van der Waals surface area (Å²) in [5.74, 6) is -0.538. The maximum atomic E-state index is 13.2. The number of thiocarbonyl (C=S) groups is 1. The number of halogens is 1. The summed E-state index contributed by atoms with van der Waals surface area (Å²) in [5.41, 5.74) is 0.776. The maximum absolute atomic E-state index is 13.2. The van der Waals surface area contributed by atoms with Gasteiger partial charge in [0.1, 0.15) is 13.3 Å². The third-order valence-corrected chi connectivity index (χ3v) is 5.85. The van der Waals surface area contributed by atoms with E-state index in [4.69, 9.17) is 17.0 Å². The molecule has 0 bridgehead atoms. The standard InChI is InChI=1S/C16H15FN2O2S3/c1-9-14(11(7-17)19-16(22)18-9)15(20)21-8-10-4-5-13(24-10)12-3-2-6-23-12/h2-6,11H,7-8H2,1H3,(H2,18,19,22). The Labute approximate surface area is 152 Å². The number of alkyl halides is 1. The zero-order chi connectivity index (χ0) is 17.1. The predicted molar refractivity (Wildman–Crippen MR) is 98.8 cm³/mol. The third kappa shape index (κ3) is 3.66. The second-order valence-electron chi connectivity index (χ2n) is 5.16. The van der Waals surface area contributed by atoms with Crippen LogP contribution in [0.4, 0.5) is 4.39 Å². The molecule has 3 rings (SSSR count). The predicted octanol–water partition coefficient (Wildman–Crippen LogP) is 3.61. The van der Waals surface area contributed by atoms with E-state index in [1.54, 1.807) is 29.6 Å². The van der Waals surface area contributed by atoms with Gasteiger partial charge >= 0.3 is 5.97 Å². The van der Waals surface area contributed by atoms with E-state index in [1.807, 2.05) is 23.6 Å². The molecule has 0 amide bonds. The molecule has 4 nitrogen and oxygen atoms in total. The van der Waals surface area contributed by atoms with Gasteiger partial charge in [-0.05, 0) is 42.7 Å². The van der Waals surface area contributed by atoms with Crippen LogP contribution in [0.25, 0.3) is 9.75 Å². The molecule has 1 atom stereocenters. The lowest BCUT2D eigenvalue weighted by Crippen LogP contribution is -2.50.